The van der Waals surface area contributed by atoms with Crippen molar-refractivity contribution in [2.75, 3.05) is 0 Å². The second-order valence-corrected chi connectivity index (χ2v) is 5.10. The van der Waals surface area contributed by atoms with Crippen LogP contribution in [0, 0.1) is 6.92 Å². The lowest BCUT2D eigenvalue weighted by molar-refractivity contribution is 0.734. The van der Waals surface area contributed by atoms with Crippen molar-refractivity contribution in [3.8, 4) is 11.1 Å². The van der Waals surface area contributed by atoms with E-state index in [4.69, 9.17) is 0 Å². The molecule has 0 aliphatic rings. The van der Waals surface area contributed by atoms with Gasteiger partial charge in [-0.3, -0.25) is 4.79 Å². The van der Waals surface area contributed by atoms with Crippen molar-refractivity contribution in [2.45, 2.75) is 33.1 Å². The third-order valence-electron chi connectivity index (χ3n) is 3.74. The molecule has 1 nitrogen and oxygen atoms in total. The monoisotopic (exact) mass is 252 g/mol. The number of benzene rings is 1. The topological polar surface area (TPSA) is 17.1 Å². The summed E-state index contributed by atoms with van der Waals surface area (Å²) in [6.07, 6.45) is 1.15. The van der Waals surface area contributed by atoms with Crippen molar-refractivity contribution < 1.29 is 0 Å². The third kappa shape index (κ3) is 3.11. The fourth-order valence-electron chi connectivity index (χ4n) is 2.08. The van der Waals surface area contributed by atoms with Gasteiger partial charge in [-0.25, -0.2) is 0 Å². The minimum Gasteiger partial charge on any atom is -0.290 e. The summed E-state index contributed by atoms with van der Waals surface area (Å²) in [6.45, 7) is 6.29. The van der Waals surface area contributed by atoms with Crippen LogP contribution in [0.3, 0.4) is 0 Å². The Kier molecular flexibility index (Phi) is 4.16. The predicted molar refractivity (Wildman–Crippen MR) is 81.6 cm³/mol. The van der Waals surface area contributed by atoms with Crippen LogP contribution in [0.25, 0.3) is 11.1 Å². The fraction of sp³-hybridized carbons (Fsp3) is 0.278. The minimum absolute atomic E-state index is 0.0856. The molecule has 1 heteroatoms. The highest BCUT2D eigenvalue weighted by Crippen LogP contribution is 2.23. The van der Waals surface area contributed by atoms with Crippen LogP contribution in [0.15, 0.2) is 53.3 Å². The first-order chi connectivity index (χ1) is 9.11. The van der Waals surface area contributed by atoms with Crippen LogP contribution in [-0.2, 0) is 0 Å². The van der Waals surface area contributed by atoms with Crippen molar-refractivity contribution in [2.24, 2.45) is 0 Å². The third-order valence-corrected chi connectivity index (χ3v) is 3.74. The maximum absolute atomic E-state index is 11.6. The molecular weight excluding hydrogens is 232 g/mol. The first-order valence-electron chi connectivity index (χ1n) is 6.83. The lowest BCUT2D eigenvalue weighted by Gasteiger charge is -2.09. The first-order valence-corrected chi connectivity index (χ1v) is 6.83. The predicted octanol–water partition coefficient (Wildman–Crippen LogP) is 4.54. The van der Waals surface area contributed by atoms with E-state index in [0.717, 1.165) is 23.1 Å². The van der Waals surface area contributed by atoms with Gasteiger partial charge in [0.25, 0.3) is 0 Å². The van der Waals surface area contributed by atoms with Crippen LogP contribution < -0.4 is 5.43 Å². The van der Waals surface area contributed by atoms with Gasteiger partial charge < -0.3 is 0 Å². The van der Waals surface area contributed by atoms with E-state index in [-0.39, 0.29) is 5.43 Å². The second kappa shape index (κ2) is 5.83. The Balaban J connectivity index is 2.38. The summed E-state index contributed by atoms with van der Waals surface area (Å²) in [4.78, 5) is 11.6. The molecule has 1 atom stereocenters. The van der Waals surface area contributed by atoms with E-state index in [9.17, 15) is 4.79 Å². The molecular formula is C18H20O. The lowest BCUT2D eigenvalue weighted by Crippen LogP contribution is -1.96. The fourth-order valence-corrected chi connectivity index (χ4v) is 2.08. The van der Waals surface area contributed by atoms with E-state index in [1.54, 1.807) is 6.07 Å². The molecule has 0 aliphatic carbocycles. The highest BCUT2D eigenvalue weighted by molar-refractivity contribution is 5.63. The van der Waals surface area contributed by atoms with Crippen LogP contribution in [0.4, 0.5) is 0 Å². The lowest BCUT2D eigenvalue weighted by atomic mass is 9.96. The molecule has 0 bridgehead atoms. The minimum atomic E-state index is 0.0856. The Morgan fingerprint density at radius 1 is 0.895 bits per heavy atom. The van der Waals surface area contributed by atoms with E-state index in [1.807, 2.05) is 25.1 Å². The molecule has 1 unspecified atom stereocenters. The van der Waals surface area contributed by atoms with E-state index in [2.05, 4.69) is 38.1 Å². The van der Waals surface area contributed by atoms with Crippen LogP contribution in [-0.4, -0.2) is 0 Å². The van der Waals surface area contributed by atoms with Gasteiger partial charge in [-0.05, 0) is 47.6 Å². The Morgan fingerprint density at radius 3 is 2.00 bits per heavy atom. The average Bonchev–Trinajstić information content (AvgIpc) is 2.61. The molecule has 0 saturated heterocycles. The van der Waals surface area contributed by atoms with Crippen LogP contribution >= 0.6 is 0 Å². The molecule has 0 fully saturated rings. The number of hydrogen-bond donors (Lipinski definition) is 0. The zero-order valence-corrected chi connectivity index (χ0v) is 11.8. The van der Waals surface area contributed by atoms with E-state index >= 15 is 0 Å². The van der Waals surface area contributed by atoms with Crippen molar-refractivity contribution in [1.29, 1.82) is 0 Å². The van der Waals surface area contributed by atoms with Crippen molar-refractivity contribution in [1.82, 2.24) is 0 Å². The highest BCUT2D eigenvalue weighted by Gasteiger charge is 2.03. The van der Waals surface area contributed by atoms with Crippen molar-refractivity contribution in [3.63, 3.8) is 0 Å². The molecule has 0 radical (unpaired) electrons. The van der Waals surface area contributed by atoms with Gasteiger partial charge in [0, 0.05) is 0 Å². The van der Waals surface area contributed by atoms with Gasteiger partial charge in [-0.1, -0.05) is 56.3 Å². The van der Waals surface area contributed by atoms with Crippen molar-refractivity contribution in [3.05, 3.63) is 69.9 Å². The number of rotatable bonds is 3. The van der Waals surface area contributed by atoms with Gasteiger partial charge in [0.05, 0.1) is 0 Å². The smallest absolute Gasteiger partial charge is 0.181 e. The van der Waals surface area contributed by atoms with Gasteiger partial charge in [-0.2, -0.15) is 0 Å². The summed E-state index contributed by atoms with van der Waals surface area (Å²) in [5.41, 5.74) is 4.47. The molecule has 19 heavy (non-hydrogen) atoms. The van der Waals surface area contributed by atoms with E-state index in [0.29, 0.717) is 5.92 Å². The molecule has 0 amide bonds. The molecule has 0 heterocycles. The molecule has 0 aromatic heterocycles. The summed E-state index contributed by atoms with van der Waals surface area (Å²) in [5, 5.41) is 0. The van der Waals surface area contributed by atoms with Crippen LogP contribution in [0.5, 0.6) is 0 Å². The molecule has 0 spiro atoms. The molecule has 2 rings (SSSR count). The van der Waals surface area contributed by atoms with Crippen LogP contribution in [0.2, 0.25) is 0 Å². The molecule has 0 aliphatic heterocycles. The molecule has 2 aromatic rings. The summed E-state index contributed by atoms with van der Waals surface area (Å²) >= 11 is 0. The summed E-state index contributed by atoms with van der Waals surface area (Å²) < 4.78 is 0. The largest absolute Gasteiger partial charge is 0.290 e. The van der Waals surface area contributed by atoms with Gasteiger partial charge >= 0.3 is 0 Å². The van der Waals surface area contributed by atoms with E-state index < -0.39 is 0 Å². The standard InChI is InChI=1S/C18H20O/c1-4-13(2)15-7-9-17(10-8-15)16-6-5-14(3)18(19)12-11-16/h5-13H,4H2,1-3H3. The quantitative estimate of drug-likeness (QED) is 0.784. The number of hydrogen-bond acceptors (Lipinski definition) is 1. The maximum atomic E-state index is 11.6. The maximum Gasteiger partial charge on any atom is 0.181 e. The van der Waals surface area contributed by atoms with Gasteiger partial charge in [-0.15, -0.1) is 0 Å². The van der Waals surface area contributed by atoms with Crippen molar-refractivity contribution >= 4 is 0 Å². The molecule has 0 N–H and O–H groups in total. The normalized spacial score (nSPS) is 12.2. The second-order valence-electron chi connectivity index (χ2n) is 5.10. The molecule has 2 aromatic carbocycles. The summed E-state index contributed by atoms with van der Waals surface area (Å²) in [7, 11) is 0. The highest BCUT2D eigenvalue weighted by atomic mass is 16.1. The van der Waals surface area contributed by atoms with Gasteiger partial charge in [0.2, 0.25) is 0 Å². The number of aryl methyl sites for hydroxylation is 1. The average molecular weight is 252 g/mol. The first kappa shape index (κ1) is 13.5. The Bertz CT molecular complexity index is 611. The van der Waals surface area contributed by atoms with Crippen LogP contribution in [0.1, 0.15) is 37.3 Å². The van der Waals surface area contributed by atoms with E-state index in [1.165, 1.54) is 5.56 Å². The molecule has 0 saturated carbocycles. The zero-order valence-electron chi connectivity index (χ0n) is 11.8. The SMILES string of the molecule is CCC(C)c1ccc(-c2ccc(C)c(=O)cc2)cc1. The zero-order chi connectivity index (χ0) is 13.8. The Morgan fingerprint density at radius 2 is 1.42 bits per heavy atom. The molecule has 98 valence electrons. The summed E-state index contributed by atoms with van der Waals surface area (Å²) in [5.74, 6) is 0.594. The van der Waals surface area contributed by atoms with Gasteiger partial charge in [0.1, 0.15) is 0 Å². The Hall–Kier alpha value is -1.89. The Labute approximate surface area is 114 Å². The van der Waals surface area contributed by atoms with Gasteiger partial charge in [0.15, 0.2) is 5.43 Å². The summed E-state index contributed by atoms with van der Waals surface area (Å²) in [6, 6.07) is 16.1.